The number of nitrogens with one attached hydrogen (secondary N) is 1. The van der Waals surface area contributed by atoms with Crippen LogP contribution < -0.4 is 4.72 Å². The number of hydrogen-bond donors (Lipinski definition) is 1. The van der Waals surface area contributed by atoms with Gasteiger partial charge in [0.1, 0.15) is 23.9 Å². The molecule has 1 fully saturated rings. The summed E-state index contributed by atoms with van der Waals surface area (Å²) in [5.41, 5.74) is 5.32. The molecular weight excluding hydrogens is 680 g/mol. The van der Waals surface area contributed by atoms with Gasteiger partial charge in [0.25, 0.3) is 0 Å². The molecule has 0 bridgehead atoms. The van der Waals surface area contributed by atoms with E-state index in [0.29, 0.717) is 35.9 Å². The van der Waals surface area contributed by atoms with E-state index in [2.05, 4.69) is 41.6 Å². The van der Waals surface area contributed by atoms with Gasteiger partial charge in [0.15, 0.2) is 5.25 Å². The Hall–Kier alpha value is -3.28. The molecule has 256 valence electrons. The van der Waals surface area contributed by atoms with Gasteiger partial charge in [-0.1, -0.05) is 56.8 Å². The Morgan fingerprint density at radius 1 is 1.20 bits per heavy atom. The van der Waals surface area contributed by atoms with Crippen LogP contribution in [0.25, 0.3) is 0 Å². The van der Waals surface area contributed by atoms with E-state index in [4.69, 9.17) is 21.6 Å². The number of rotatable bonds is 12. The fourth-order valence-corrected chi connectivity index (χ4v) is 9.37. The molecule has 6 nitrogen and oxygen atoms in total. The van der Waals surface area contributed by atoms with Gasteiger partial charge >= 0.3 is 0 Å². The van der Waals surface area contributed by atoms with Gasteiger partial charge in [0.2, 0.25) is 0 Å². The minimum atomic E-state index is -1.50. The van der Waals surface area contributed by atoms with Crippen LogP contribution >= 0.6 is 23.4 Å². The second-order valence-electron chi connectivity index (χ2n) is 13.0. The number of hydrogen-bond acceptors (Lipinski definition) is 7. The van der Waals surface area contributed by atoms with Crippen molar-refractivity contribution in [2.45, 2.75) is 62.4 Å². The van der Waals surface area contributed by atoms with Crippen LogP contribution in [-0.4, -0.2) is 49.2 Å². The molecule has 0 aliphatic carbocycles. The number of halogens is 3. The number of allylic oxidation sites excluding steroid dienone is 5. The van der Waals surface area contributed by atoms with Gasteiger partial charge in [-0.05, 0) is 85.2 Å². The molecule has 5 heterocycles. The molecule has 1 aromatic heterocycles. The lowest BCUT2D eigenvalue weighted by atomic mass is 9.90. The maximum atomic E-state index is 14.3. The highest BCUT2D eigenvalue weighted by Crippen LogP contribution is 2.47. The number of benzene rings is 1. The zero-order valence-electron chi connectivity index (χ0n) is 27.7. The van der Waals surface area contributed by atoms with Crippen molar-refractivity contribution in [1.82, 2.24) is 14.6 Å². The van der Waals surface area contributed by atoms with Gasteiger partial charge in [0.05, 0.1) is 28.4 Å². The molecular formula is C38H40ClF2N5OS2. The van der Waals surface area contributed by atoms with Crippen LogP contribution in [0.5, 0.6) is 0 Å². The number of pyridine rings is 1. The summed E-state index contributed by atoms with van der Waals surface area (Å²) in [5.74, 6) is 0.604. The summed E-state index contributed by atoms with van der Waals surface area (Å²) in [6.45, 7) is 14.7. The predicted molar refractivity (Wildman–Crippen MR) is 200 cm³/mol. The van der Waals surface area contributed by atoms with Crippen molar-refractivity contribution in [2.24, 2.45) is 21.8 Å². The van der Waals surface area contributed by atoms with E-state index >= 15 is 0 Å². The first-order chi connectivity index (χ1) is 23.5. The third-order valence-corrected chi connectivity index (χ3v) is 11.9. The molecule has 2 aromatic rings. The summed E-state index contributed by atoms with van der Waals surface area (Å²) in [6.07, 6.45) is 10.8. The number of alkyl halides is 1. The Kier molecular flexibility index (Phi) is 11.1. The quantitative estimate of drug-likeness (QED) is 0.175. The van der Waals surface area contributed by atoms with E-state index in [1.165, 1.54) is 25.1 Å². The van der Waals surface area contributed by atoms with Crippen molar-refractivity contribution in [1.29, 1.82) is 0 Å². The van der Waals surface area contributed by atoms with E-state index in [9.17, 15) is 13.3 Å². The van der Waals surface area contributed by atoms with Gasteiger partial charge in [-0.3, -0.25) is 9.98 Å². The maximum Gasteiger partial charge on any atom is 0.158 e. The number of nitrogens with zero attached hydrogens (tertiary/aromatic N) is 4. The smallest absolute Gasteiger partial charge is 0.158 e. The minimum Gasteiger partial charge on any atom is -0.598 e. The summed E-state index contributed by atoms with van der Waals surface area (Å²) < 4.78 is 46.0. The summed E-state index contributed by atoms with van der Waals surface area (Å²) in [4.78, 5) is 16.9. The molecule has 11 heteroatoms. The van der Waals surface area contributed by atoms with Crippen LogP contribution in [0, 0.1) is 17.7 Å². The molecule has 0 spiro atoms. The lowest BCUT2D eigenvalue weighted by Crippen LogP contribution is -2.43. The van der Waals surface area contributed by atoms with Crippen molar-refractivity contribution < 1.29 is 13.3 Å². The van der Waals surface area contributed by atoms with Gasteiger partial charge in [-0.15, -0.1) is 16.5 Å². The normalized spacial score (nSPS) is 25.1. The molecule has 1 aromatic carbocycles. The third-order valence-electron chi connectivity index (χ3n) is 8.94. The van der Waals surface area contributed by atoms with Crippen LogP contribution in [0.2, 0.25) is 5.02 Å². The number of aliphatic imine (C=N–C) groups is 2. The van der Waals surface area contributed by atoms with Crippen LogP contribution in [0.1, 0.15) is 57.0 Å². The van der Waals surface area contributed by atoms with Crippen molar-refractivity contribution in [3.63, 3.8) is 0 Å². The Labute approximate surface area is 299 Å². The van der Waals surface area contributed by atoms with Crippen LogP contribution in [-0.2, 0) is 11.4 Å². The lowest BCUT2D eigenvalue weighted by Gasteiger charge is -2.36. The summed E-state index contributed by atoms with van der Waals surface area (Å²) in [6, 6.07) is 9.30. The minimum absolute atomic E-state index is 0.105. The first kappa shape index (κ1) is 35.5. The Bertz CT molecular complexity index is 1790. The molecule has 4 unspecified atom stereocenters. The Morgan fingerprint density at radius 3 is 2.67 bits per heavy atom. The largest absolute Gasteiger partial charge is 0.598 e. The first-order valence-electron chi connectivity index (χ1n) is 16.4. The van der Waals surface area contributed by atoms with Gasteiger partial charge in [0, 0.05) is 51.9 Å². The monoisotopic (exact) mass is 719 g/mol. The van der Waals surface area contributed by atoms with Crippen molar-refractivity contribution in [3.8, 4) is 0 Å². The average Bonchev–Trinajstić information content (AvgIpc) is 3.81. The molecule has 0 saturated carbocycles. The molecule has 6 rings (SSSR count). The lowest BCUT2D eigenvalue weighted by molar-refractivity contribution is 0.429. The van der Waals surface area contributed by atoms with Crippen LogP contribution in [0.3, 0.4) is 0 Å². The molecule has 1 saturated heterocycles. The Balaban J connectivity index is 1.43. The molecule has 4 aliphatic rings. The number of aromatic nitrogens is 1. The van der Waals surface area contributed by atoms with E-state index in [-0.39, 0.29) is 22.2 Å². The molecule has 7 atom stereocenters. The number of thioether (sulfide) groups is 1. The van der Waals surface area contributed by atoms with E-state index in [0.717, 1.165) is 34.8 Å². The van der Waals surface area contributed by atoms with Crippen LogP contribution in [0.15, 0.2) is 124 Å². The van der Waals surface area contributed by atoms with Crippen LogP contribution in [0.4, 0.5) is 8.78 Å². The molecule has 49 heavy (non-hydrogen) atoms. The summed E-state index contributed by atoms with van der Waals surface area (Å²) >= 11 is 6.85. The van der Waals surface area contributed by atoms with Gasteiger partial charge < -0.3 is 9.45 Å². The van der Waals surface area contributed by atoms with Crippen molar-refractivity contribution >= 4 is 46.3 Å². The van der Waals surface area contributed by atoms with Crippen molar-refractivity contribution in [3.05, 3.63) is 136 Å². The van der Waals surface area contributed by atoms with Gasteiger partial charge in [-0.2, -0.15) is 0 Å². The van der Waals surface area contributed by atoms with Crippen molar-refractivity contribution in [2.75, 3.05) is 6.54 Å². The van der Waals surface area contributed by atoms with Gasteiger partial charge in [-0.25, -0.2) is 13.8 Å². The van der Waals surface area contributed by atoms with E-state index in [1.807, 2.05) is 35.8 Å². The fraction of sp³-hybridized carbons (Fsp3) is 0.342. The SMILES string of the molecule is C=CC([C@H]1CC2=C(C3=N/C(=C/C(C)F)C=C3)[C@H](c3ccc(F)cc3Cl)N=C(C3SC=CC3=C)N2C1)[S+]([O-])N[C@H](CC(C)C)c1ccccn1. The zero-order valence-corrected chi connectivity index (χ0v) is 30.1. The highest BCUT2D eigenvalue weighted by Gasteiger charge is 2.47. The molecule has 4 aliphatic heterocycles. The fourth-order valence-electron chi connectivity index (χ4n) is 6.76. The van der Waals surface area contributed by atoms with E-state index in [1.54, 1.807) is 36.2 Å². The standard InChI is InChI=1S/C38H40ClF2N5OS2/c1-6-34(49(47)45-32(17-22(2)3)30-9-7-8-15-42-30)25-19-33-35(31-13-11-27(43-31)18-24(5)40)36(28-12-10-26(41)20-29(28)39)44-38(46(33)21-25)37-23(4)14-16-48-37/h6-16,18,20,22,24-25,32,34,36-37,45H,1,4,17,19,21H2,2-3,5H3/b27-18+/t24?,25-,32+,34?,36-,37?,49?/m0/s1. The maximum absolute atomic E-state index is 14.3. The highest BCUT2D eigenvalue weighted by atomic mass is 35.5. The molecule has 1 N–H and O–H groups in total. The third kappa shape index (κ3) is 7.73. The van der Waals surface area contributed by atoms with E-state index < -0.39 is 34.6 Å². The first-order valence-corrected chi connectivity index (χ1v) is 18.9. The predicted octanol–water partition coefficient (Wildman–Crippen LogP) is 8.94. The molecule has 0 amide bonds. The second kappa shape index (κ2) is 15.3. The average molecular weight is 720 g/mol. The molecule has 0 radical (unpaired) electrons. The number of amidine groups is 1. The second-order valence-corrected chi connectivity index (χ2v) is 15.8. The summed E-state index contributed by atoms with van der Waals surface area (Å²) in [7, 11) is 0. The summed E-state index contributed by atoms with van der Waals surface area (Å²) in [5, 5.41) is 1.71. The number of fused-ring (bicyclic) bond motifs is 1. The zero-order chi connectivity index (χ0) is 34.8. The topological polar surface area (TPSA) is 75.9 Å². The Morgan fingerprint density at radius 2 is 2.02 bits per heavy atom. The highest BCUT2D eigenvalue weighted by molar-refractivity contribution is 8.04.